The molecule has 0 amide bonds. The Morgan fingerprint density at radius 2 is 1.95 bits per heavy atom. The SMILES string of the molecule is NCC1(c2nc(C3CC4CCC3O4)no2)CCCCCC1. The smallest absolute Gasteiger partial charge is 0.234 e. The van der Waals surface area contributed by atoms with Gasteiger partial charge in [0.1, 0.15) is 0 Å². The number of nitrogens with zero attached hydrogens (tertiary/aromatic N) is 2. The van der Waals surface area contributed by atoms with Crippen molar-refractivity contribution in [2.75, 3.05) is 6.54 Å². The van der Waals surface area contributed by atoms with E-state index in [0.29, 0.717) is 24.7 Å². The molecule has 1 aromatic heterocycles. The number of hydrogen-bond donors (Lipinski definition) is 1. The van der Waals surface area contributed by atoms with Crippen LogP contribution in [0.4, 0.5) is 0 Å². The van der Waals surface area contributed by atoms with E-state index < -0.39 is 0 Å². The highest BCUT2D eigenvalue weighted by atomic mass is 16.5. The summed E-state index contributed by atoms with van der Waals surface area (Å²) in [6, 6.07) is 0. The van der Waals surface area contributed by atoms with E-state index in [1.807, 2.05) is 0 Å². The third-order valence-electron chi connectivity index (χ3n) is 5.78. The van der Waals surface area contributed by atoms with Crippen molar-refractivity contribution in [3.8, 4) is 0 Å². The number of aromatic nitrogens is 2. The van der Waals surface area contributed by atoms with E-state index in [1.54, 1.807) is 0 Å². The summed E-state index contributed by atoms with van der Waals surface area (Å²) in [7, 11) is 0. The molecule has 0 spiro atoms. The molecule has 2 bridgehead atoms. The molecule has 5 heteroatoms. The molecular formula is C16H25N3O2. The minimum absolute atomic E-state index is 0.0831. The molecule has 5 nitrogen and oxygen atoms in total. The first kappa shape index (κ1) is 13.7. The minimum Gasteiger partial charge on any atom is -0.374 e. The Hall–Kier alpha value is -0.940. The van der Waals surface area contributed by atoms with Crippen molar-refractivity contribution in [2.24, 2.45) is 5.73 Å². The molecule has 0 radical (unpaired) electrons. The lowest BCUT2D eigenvalue weighted by Gasteiger charge is -2.26. The Labute approximate surface area is 125 Å². The molecule has 1 aliphatic carbocycles. The second-order valence-electron chi connectivity index (χ2n) is 7.07. The molecule has 2 N–H and O–H groups in total. The number of rotatable bonds is 3. The molecule has 0 aromatic carbocycles. The fraction of sp³-hybridized carbons (Fsp3) is 0.875. The summed E-state index contributed by atoms with van der Waals surface area (Å²) >= 11 is 0. The van der Waals surface area contributed by atoms with Crippen molar-refractivity contribution in [2.45, 2.75) is 81.3 Å². The van der Waals surface area contributed by atoms with Gasteiger partial charge in [-0.1, -0.05) is 30.8 Å². The second-order valence-corrected chi connectivity index (χ2v) is 7.07. The maximum atomic E-state index is 6.11. The number of ether oxygens (including phenoxy) is 1. The van der Waals surface area contributed by atoms with Gasteiger partial charge >= 0.3 is 0 Å². The van der Waals surface area contributed by atoms with Crippen LogP contribution in [0.25, 0.3) is 0 Å². The van der Waals surface area contributed by atoms with Crippen LogP contribution in [-0.4, -0.2) is 28.9 Å². The zero-order valence-electron chi connectivity index (χ0n) is 12.6. The summed E-state index contributed by atoms with van der Waals surface area (Å²) in [6.07, 6.45) is 11.3. The number of fused-ring (bicyclic) bond motifs is 2. The van der Waals surface area contributed by atoms with Crippen LogP contribution in [0.15, 0.2) is 4.52 Å². The molecule has 21 heavy (non-hydrogen) atoms. The average molecular weight is 291 g/mol. The molecule has 1 aromatic rings. The van der Waals surface area contributed by atoms with Gasteiger partial charge < -0.3 is 15.0 Å². The standard InChI is InChI=1S/C16H25N3O2/c17-10-16(7-3-1-2-4-8-16)15-18-14(19-21-15)12-9-11-5-6-13(12)20-11/h11-13H,1-10,17H2. The molecule has 2 saturated heterocycles. The zero-order chi connectivity index (χ0) is 14.3. The maximum absolute atomic E-state index is 6.11. The Morgan fingerprint density at radius 1 is 1.14 bits per heavy atom. The summed E-state index contributed by atoms with van der Waals surface area (Å²) in [6.45, 7) is 0.613. The maximum Gasteiger partial charge on any atom is 0.234 e. The summed E-state index contributed by atoms with van der Waals surface area (Å²) in [5.41, 5.74) is 6.03. The van der Waals surface area contributed by atoms with Crippen LogP contribution in [0, 0.1) is 0 Å². The van der Waals surface area contributed by atoms with Gasteiger partial charge in [0.25, 0.3) is 0 Å². The lowest BCUT2D eigenvalue weighted by Crippen LogP contribution is -2.35. The van der Waals surface area contributed by atoms with E-state index in [4.69, 9.17) is 20.0 Å². The Kier molecular flexibility index (Phi) is 3.50. The zero-order valence-corrected chi connectivity index (χ0v) is 12.6. The van der Waals surface area contributed by atoms with Crippen LogP contribution in [-0.2, 0) is 10.2 Å². The van der Waals surface area contributed by atoms with Gasteiger partial charge in [-0.3, -0.25) is 0 Å². The number of nitrogens with two attached hydrogens (primary N) is 1. The predicted octanol–water partition coefficient (Wildman–Crippen LogP) is 2.66. The molecule has 3 unspecified atom stereocenters. The Bertz CT molecular complexity index is 493. The van der Waals surface area contributed by atoms with E-state index >= 15 is 0 Å². The first-order valence-corrected chi connectivity index (χ1v) is 8.50. The van der Waals surface area contributed by atoms with E-state index in [1.165, 1.54) is 32.1 Å². The van der Waals surface area contributed by atoms with Gasteiger partial charge in [-0.15, -0.1) is 0 Å². The predicted molar refractivity (Wildman–Crippen MR) is 78.0 cm³/mol. The molecule has 3 atom stereocenters. The van der Waals surface area contributed by atoms with Crippen LogP contribution < -0.4 is 5.73 Å². The fourth-order valence-electron chi connectivity index (χ4n) is 4.42. The highest BCUT2D eigenvalue weighted by Gasteiger charge is 2.45. The van der Waals surface area contributed by atoms with Crippen molar-refractivity contribution in [3.05, 3.63) is 11.7 Å². The highest BCUT2D eigenvalue weighted by Crippen LogP contribution is 2.44. The highest BCUT2D eigenvalue weighted by molar-refractivity contribution is 5.12. The van der Waals surface area contributed by atoms with Gasteiger partial charge in [0.2, 0.25) is 5.89 Å². The Morgan fingerprint density at radius 3 is 2.57 bits per heavy atom. The summed E-state index contributed by atoms with van der Waals surface area (Å²) in [5, 5.41) is 4.29. The van der Waals surface area contributed by atoms with Gasteiger partial charge in [0.05, 0.1) is 23.5 Å². The quantitative estimate of drug-likeness (QED) is 0.867. The molecule has 3 fully saturated rings. The topological polar surface area (TPSA) is 74.2 Å². The lowest BCUT2D eigenvalue weighted by atomic mass is 9.80. The molecule has 3 aliphatic rings. The largest absolute Gasteiger partial charge is 0.374 e. The van der Waals surface area contributed by atoms with Gasteiger partial charge in [-0.25, -0.2) is 0 Å². The monoisotopic (exact) mass is 291 g/mol. The van der Waals surface area contributed by atoms with Crippen LogP contribution >= 0.6 is 0 Å². The van der Waals surface area contributed by atoms with Gasteiger partial charge in [0, 0.05) is 6.54 Å². The van der Waals surface area contributed by atoms with E-state index in [2.05, 4.69) is 5.16 Å². The summed E-state index contributed by atoms with van der Waals surface area (Å²) < 4.78 is 11.6. The lowest BCUT2D eigenvalue weighted by molar-refractivity contribution is 0.0996. The van der Waals surface area contributed by atoms with E-state index in [-0.39, 0.29) is 5.41 Å². The van der Waals surface area contributed by atoms with Crippen molar-refractivity contribution in [1.29, 1.82) is 0 Å². The van der Waals surface area contributed by atoms with Crippen molar-refractivity contribution >= 4 is 0 Å². The van der Waals surface area contributed by atoms with E-state index in [0.717, 1.165) is 37.4 Å². The van der Waals surface area contributed by atoms with Crippen LogP contribution in [0.5, 0.6) is 0 Å². The van der Waals surface area contributed by atoms with Crippen molar-refractivity contribution in [3.63, 3.8) is 0 Å². The normalized spacial score (nSPS) is 35.0. The fourth-order valence-corrected chi connectivity index (χ4v) is 4.42. The molecule has 4 rings (SSSR count). The molecule has 1 saturated carbocycles. The molecule has 116 valence electrons. The first-order valence-electron chi connectivity index (χ1n) is 8.50. The van der Waals surface area contributed by atoms with Crippen molar-refractivity contribution in [1.82, 2.24) is 10.1 Å². The van der Waals surface area contributed by atoms with Crippen LogP contribution in [0.3, 0.4) is 0 Å². The van der Waals surface area contributed by atoms with Crippen LogP contribution in [0.2, 0.25) is 0 Å². The minimum atomic E-state index is -0.0831. The molecule has 3 heterocycles. The van der Waals surface area contributed by atoms with Gasteiger partial charge in [-0.2, -0.15) is 4.98 Å². The molecule has 2 aliphatic heterocycles. The average Bonchev–Trinajstić information content (AvgIpc) is 3.21. The Balaban J connectivity index is 1.58. The van der Waals surface area contributed by atoms with Gasteiger partial charge in [0.15, 0.2) is 5.82 Å². The third kappa shape index (κ3) is 2.30. The van der Waals surface area contributed by atoms with Gasteiger partial charge in [-0.05, 0) is 32.1 Å². The second kappa shape index (κ2) is 5.36. The summed E-state index contributed by atoms with van der Waals surface area (Å²) in [4.78, 5) is 4.78. The summed E-state index contributed by atoms with van der Waals surface area (Å²) in [5.74, 6) is 1.97. The van der Waals surface area contributed by atoms with E-state index in [9.17, 15) is 0 Å². The third-order valence-corrected chi connectivity index (χ3v) is 5.78. The first-order chi connectivity index (χ1) is 10.3. The molecular weight excluding hydrogens is 266 g/mol. The van der Waals surface area contributed by atoms with Crippen molar-refractivity contribution < 1.29 is 9.26 Å². The van der Waals surface area contributed by atoms with Crippen LogP contribution in [0.1, 0.15) is 75.4 Å². The number of hydrogen-bond acceptors (Lipinski definition) is 5.